The van der Waals surface area contributed by atoms with Gasteiger partial charge in [0.05, 0.1) is 16.3 Å². The second-order valence-corrected chi connectivity index (χ2v) is 5.77. The first-order valence-corrected chi connectivity index (χ1v) is 7.79. The van der Waals surface area contributed by atoms with Gasteiger partial charge in [-0.05, 0) is 46.8 Å². The molecule has 0 saturated heterocycles. The van der Waals surface area contributed by atoms with E-state index in [2.05, 4.69) is 15.5 Å². The molecule has 1 heterocycles. The van der Waals surface area contributed by atoms with Crippen molar-refractivity contribution in [3.63, 3.8) is 0 Å². The summed E-state index contributed by atoms with van der Waals surface area (Å²) >= 11 is 11.8. The zero-order valence-electron chi connectivity index (χ0n) is 12.6. The molecule has 0 aliphatic rings. The number of aromatic nitrogens is 4. The third kappa shape index (κ3) is 4.01. The molecule has 0 spiro atoms. The molecule has 0 aliphatic carbocycles. The summed E-state index contributed by atoms with van der Waals surface area (Å²) < 4.78 is 6.46. The molecule has 0 bridgehead atoms. The molecule has 9 heteroatoms. The third-order valence-corrected chi connectivity index (χ3v) is 3.81. The fourth-order valence-corrected chi connectivity index (χ4v) is 2.58. The summed E-state index contributed by atoms with van der Waals surface area (Å²) in [6.07, 6.45) is 1.40. The van der Waals surface area contributed by atoms with Crippen molar-refractivity contribution in [3.05, 3.63) is 70.0 Å². The molecule has 0 radical (unpaired) electrons. The SMILES string of the molecule is O=C(OCC(=O)c1ccc(Cl)cc1Cl)c1cccc(-n2cnnn2)c1. The lowest BCUT2D eigenvalue weighted by Crippen LogP contribution is -2.15. The number of Topliss-reactive ketones (excluding diaryl/α,β-unsaturated/α-hetero) is 1. The molecule has 0 N–H and O–H groups in total. The molecule has 0 unspecified atom stereocenters. The molecular formula is C16H10Cl2N4O3. The van der Waals surface area contributed by atoms with Gasteiger partial charge in [0.1, 0.15) is 6.33 Å². The second kappa shape index (κ2) is 7.42. The molecular weight excluding hydrogens is 367 g/mol. The van der Waals surface area contributed by atoms with Crippen LogP contribution in [0, 0.1) is 0 Å². The minimum absolute atomic E-state index is 0.203. The van der Waals surface area contributed by atoms with E-state index in [4.69, 9.17) is 27.9 Å². The Bertz CT molecular complexity index is 929. The lowest BCUT2D eigenvalue weighted by Gasteiger charge is -2.07. The van der Waals surface area contributed by atoms with Gasteiger partial charge >= 0.3 is 5.97 Å². The Hall–Kier alpha value is -2.77. The van der Waals surface area contributed by atoms with Crippen LogP contribution < -0.4 is 0 Å². The highest BCUT2D eigenvalue weighted by Gasteiger charge is 2.15. The number of hydrogen-bond acceptors (Lipinski definition) is 6. The Morgan fingerprint density at radius 2 is 1.96 bits per heavy atom. The van der Waals surface area contributed by atoms with Crippen molar-refractivity contribution in [3.8, 4) is 5.69 Å². The van der Waals surface area contributed by atoms with Crippen molar-refractivity contribution in [2.75, 3.05) is 6.61 Å². The number of esters is 1. The summed E-state index contributed by atoms with van der Waals surface area (Å²) in [6.45, 7) is -0.435. The summed E-state index contributed by atoms with van der Waals surface area (Å²) in [6, 6.07) is 11.0. The molecule has 0 fully saturated rings. The average Bonchev–Trinajstić information content (AvgIpc) is 3.14. The maximum absolute atomic E-state index is 12.2. The van der Waals surface area contributed by atoms with Crippen molar-refractivity contribution in [1.82, 2.24) is 20.2 Å². The molecule has 0 amide bonds. The normalized spacial score (nSPS) is 10.5. The van der Waals surface area contributed by atoms with Gasteiger partial charge in [0.15, 0.2) is 6.61 Å². The lowest BCUT2D eigenvalue weighted by atomic mass is 10.1. The third-order valence-electron chi connectivity index (χ3n) is 3.26. The molecule has 3 rings (SSSR count). The fourth-order valence-electron chi connectivity index (χ4n) is 2.06. The number of carbonyl (C=O) groups excluding carboxylic acids is 2. The van der Waals surface area contributed by atoms with E-state index in [1.807, 2.05) is 0 Å². The largest absolute Gasteiger partial charge is 0.454 e. The predicted molar refractivity (Wildman–Crippen MR) is 90.2 cm³/mol. The molecule has 1 aromatic heterocycles. The van der Waals surface area contributed by atoms with E-state index in [1.54, 1.807) is 24.3 Å². The number of ether oxygens (including phenoxy) is 1. The van der Waals surface area contributed by atoms with Crippen LogP contribution in [0.3, 0.4) is 0 Å². The number of tetrazole rings is 1. The highest BCUT2D eigenvalue weighted by atomic mass is 35.5. The first-order valence-electron chi connectivity index (χ1n) is 7.03. The van der Waals surface area contributed by atoms with Crippen LogP contribution in [0.2, 0.25) is 10.0 Å². The number of benzene rings is 2. The molecule has 7 nitrogen and oxygen atoms in total. The van der Waals surface area contributed by atoms with Crippen LogP contribution >= 0.6 is 23.2 Å². The highest BCUT2D eigenvalue weighted by Crippen LogP contribution is 2.21. The summed E-state index contributed by atoms with van der Waals surface area (Å²) in [5.41, 5.74) is 1.09. The Balaban J connectivity index is 1.68. The first kappa shape index (κ1) is 17.1. The van der Waals surface area contributed by atoms with Gasteiger partial charge in [-0.15, -0.1) is 5.10 Å². The number of nitrogens with zero attached hydrogens (tertiary/aromatic N) is 4. The van der Waals surface area contributed by atoms with E-state index in [0.717, 1.165) is 0 Å². The van der Waals surface area contributed by atoms with Crippen LogP contribution in [0.25, 0.3) is 5.69 Å². The number of halogens is 2. The summed E-state index contributed by atoms with van der Waals surface area (Å²) in [5.74, 6) is -1.07. The lowest BCUT2D eigenvalue weighted by molar-refractivity contribution is 0.0474. The van der Waals surface area contributed by atoms with E-state index >= 15 is 0 Å². The van der Waals surface area contributed by atoms with Crippen molar-refractivity contribution < 1.29 is 14.3 Å². The monoisotopic (exact) mass is 376 g/mol. The van der Waals surface area contributed by atoms with Gasteiger partial charge in [0.25, 0.3) is 0 Å². The van der Waals surface area contributed by atoms with E-state index in [1.165, 1.54) is 29.2 Å². The summed E-state index contributed by atoms with van der Waals surface area (Å²) in [4.78, 5) is 24.3. The van der Waals surface area contributed by atoms with E-state index in [9.17, 15) is 9.59 Å². The summed E-state index contributed by atoms with van der Waals surface area (Å²) in [5, 5.41) is 11.4. The number of hydrogen-bond donors (Lipinski definition) is 0. The quantitative estimate of drug-likeness (QED) is 0.502. The van der Waals surface area contributed by atoms with Crippen molar-refractivity contribution in [2.24, 2.45) is 0 Å². The highest BCUT2D eigenvalue weighted by molar-refractivity contribution is 6.36. The standard InChI is InChI=1S/C16H10Cl2N4O3/c17-11-4-5-13(14(18)7-11)15(23)8-25-16(24)10-2-1-3-12(6-10)22-9-19-20-21-22/h1-7,9H,8H2. The van der Waals surface area contributed by atoms with E-state index in [0.29, 0.717) is 10.7 Å². The Kier molecular flexibility index (Phi) is 5.06. The molecule has 0 saturated carbocycles. The van der Waals surface area contributed by atoms with Crippen LogP contribution in [0.4, 0.5) is 0 Å². The molecule has 126 valence electrons. The van der Waals surface area contributed by atoms with Crippen molar-refractivity contribution in [2.45, 2.75) is 0 Å². The fraction of sp³-hybridized carbons (Fsp3) is 0.0625. The van der Waals surface area contributed by atoms with Crippen molar-refractivity contribution >= 4 is 35.0 Å². The van der Waals surface area contributed by atoms with Gasteiger partial charge in [0, 0.05) is 10.6 Å². The number of ketones is 1. The van der Waals surface area contributed by atoms with Gasteiger partial charge in [-0.3, -0.25) is 4.79 Å². The number of rotatable bonds is 5. The second-order valence-electron chi connectivity index (χ2n) is 4.93. The topological polar surface area (TPSA) is 87.0 Å². The minimum atomic E-state index is -0.645. The maximum atomic E-state index is 12.2. The van der Waals surface area contributed by atoms with E-state index in [-0.39, 0.29) is 16.1 Å². The average molecular weight is 377 g/mol. The van der Waals surface area contributed by atoms with Gasteiger partial charge in [-0.1, -0.05) is 29.3 Å². The first-order chi connectivity index (χ1) is 12.0. The van der Waals surface area contributed by atoms with Crippen LogP contribution in [-0.4, -0.2) is 38.6 Å². The zero-order chi connectivity index (χ0) is 17.8. The molecule has 3 aromatic rings. The molecule has 0 aliphatic heterocycles. The molecule has 25 heavy (non-hydrogen) atoms. The number of carbonyl (C=O) groups is 2. The Labute approximate surface area is 152 Å². The molecule has 0 atom stereocenters. The van der Waals surface area contributed by atoms with Crippen LogP contribution in [0.5, 0.6) is 0 Å². The van der Waals surface area contributed by atoms with Crippen LogP contribution in [-0.2, 0) is 4.74 Å². The zero-order valence-corrected chi connectivity index (χ0v) is 14.1. The molecule has 2 aromatic carbocycles. The van der Waals surface area contributed by atoms with Gasteiger partial charge in [-0.25, -0.2) is 9.48 Å². The Morgan fingerprint density at radius 1 is 1.12 bits per heavy atom. The minimum Gasteiger partial charge on any atom is -0.454 e. The van der Waals surface area contributed by atoms with Crippen LogP contribution in [0.15, 0.2) is 48.8 Å². The van der Waals surface area contributed by atoms with Crippen LogP contribution in [0.1, 0.15) is 20.7 Å². The van der Waals surface area contributed by atoms with Gasteiger partial charge in [-0.2, -0.15) is 0 Å². The van der Waals surface area contributed by atoms with Gasteiger partial charge < -0.3 is 4.74 Å². The maximum Gasteiger partial charge on any atom is 0.338 e. The van der Waals surface area contributed by atoms with Crippen molar-refractivity contribution in [1.29, 1.82) is 0 Å². The van der Waals surface area contributed by atoms with E-state index < -0.39 is 18.4 Å². The van der Waals surface area contributed by atoms with Gasteiger partial charge in [0.2, 0.25) is 5.78 Å². The summed E-state index contributed by atoms with van der Waals surface area (Å²) in [7, 11) is 0. The Morgan fingerprint density at radius 3 is 2.68 bits per heavy atom. The predicted octanol–water partition coefficient (Wildman–Crippen LogP) is 3.01. The smallest absolute Gasteiger partial charge is 0.338 e.